The Morgan fingerprint density at radius 3 is 2.81 bits per heavy atom. The van der Waals surface area contributed by atoms with Crippen LogP contribution in [0.4, 0.5) is 11.6 Å². The van der Waals surface area contributed by atoms with E-state index < -0.39 is 0 Å². The number of allylic oxidation sites excluding steroid dienone is 1. The number of carbonyl (C=O) groups excluding carboxylic acids is 1. The van der Waals surface area contributed by atoms with Gasteiger partial charge in [-0.25, -0.2) is 14.7 Å². The molecule has 0 bridgehead atoms. The number of pyridine rings is 1. The molecule has 1 fully saturated rings. The van der Waals surface area contributed by atoms with E-state index in [4.69, 9.17) is 10.8 Å². The van der Waals surface area contributed by atoms with Gasteiger partial charge in [0.1, 0.15) is 11.4 Å². The Labute approximate surface area is 186 Å². The van der Waals surface area contributed by atoms with E-state index in [0.29, 0.717) is 35.4 Å². The Morgan fingerprint density at radius 1 is 1.19 bits per heavy atom. The predicted molar refractivity (Wildman–Crippen MR) is 124 cm³/mol. The number of anilines is 1. The summed E-state index contributed by atoms with van der Waals surface area (Å²) < 4.78 is 3.31. The van der Waals surface area contributed by atoms with Crippen molar-refractivity contribution in [3.05, 3.63) is 53.5 Å². The molecule has 9 nitrogen and oxygen atoms in total. The zero-order valence-corrected chi connectivity index (χ0v) is 18.0. The van der Waals surface area contributed by atoms with Crippen LogP contribution >= 0.6 is 0 Å². The average molecular weight is 431 g/mol. The lowest BCUT2D eigenvalue weighted by atomic mass is 9.84. The lowest BCUT2D eigenvalue weighted by Gasteiger charge is -2.24. The fraction of sp³-hybridized carbons (Fsp3) is 0.348. The van der Waals surface area contributed by atoms with Gasteiger partial charge in [0.05, 0.1) is 11.9 Å². The van der Waals surface area contributed by atoms with E-state index in [0.717, 1.165) is 36.9 Å². The zero-order chi connectivity index (χ0) is 22.1. The van der Waals surface area contributed by atoms with Crippen molar-refractivity contribution >= 4 is 30.0 Å². The number of aliphatic imine (C=N–C) groups is 1. The molecule has 0 radical (unpaired) electrons. The van der Waals surface area contributed by atoms with Crippen LogP contribution in [-0.2, 0) is 0 Å². The van der Waals surface area contributed by atoms with Gasteiger partial charge in [0.25, 0.3) is 5.91 Å². The molecule has 0 spiro atoms. The average Bonchev–Trinajstić information content (AvgIpc) is 3.32. The summed E-state index contributed by atoms with van der Waals surface area (Å²) in [5, 5.41) is 12.1. The van der Waals surface area contributed by atoms with Crippen LogP contribution in [0.5, 0.6) is 0 Å². The van der Waals surface area contributed by atoms with Gasteiger partial charge in [0, 0.05) is 43.1 Å². The molecule has 0 atom stereocenters. The summed E-state index contributed by atoms with van der Waals surface area (Å²) in [6.07, 6.45) is 13.5. The number of carbonyl (C=O) groups is 1. The Kier molecular flexibility index (Phi) is 5.40. The van der Waals surface area contributed by atoms with Crippen LogP contribution in [0.25, 0.3) is 12.0 Å². The molecule has 3 N–H and O–H groups in total. The number of fused-ring (bicyclic) bond motifs is 1. The minimum atomic E-state index is -0.288. The van der Waals surface area contributed by atoms with Gasteiger partial charge in [-0.2, -0.15) is 14.9 Å². The van der Waals surface area contributed by atoms with Crippen LogP contribution in [0.15, 0.2) is 41.7 Å². The molecule has 164 valence electrons. The SMILES string of the molecule is Cc1ccc(-n2nc(C3CCC(N)CC3)cc2NC(=O)c2cnn3c2N=CCC=C3)nc1. The second kappa shape index (κ2) is 8.51. The normalized spacial score (nSPS) is 20.1. The maximum absolute atomic E-state index is 13.2. The number of aromatic nitrogens is 5. The Hall–Kier alpha value is -3.59. The highest BCUT2D eigenvalue weighted by atomic mass is 16.1. The molecule has 3 aromatic rings. The zero-order valence-electron chi connectivity index (χ0n) is 18.0. The minimum absolute atomic E-state index is 0.262. The first-order valence-corrected chi connectivity index (χ1v) is 10.9. The quantitative estimate of drug-likeness (QED) is 0.656. The lowest BCUT2D eigenvalue weighted by molar-refractivity contribution is 0.102. The Morgan fingerprint density at radius 2 is 2.03 bits per heavy atom. The second-order valence-electron chi connectivity index (χ2n) is 8.38. The third-order valence-electron chi connectivity index (χ3n) is 5.99. The van der Waals surface area contributed by atoms with Crippen LogP contribution in [0.3, 0.4) is 0 Å². The third-order valence-corrected chi connectivity index (χ3v) is 5.99. The maximum Gasteiger partial charge on any atom is 0.262 e. The number of hydrogen-bond donors (Lipinski definition) is 2. The molecule has 1 saturated carbocycles. The number of aryl methyl sites for hydroxylation is 1. The van der Waals surface area contributed by atoms with Crippen molar-refractivity contribution in [1.82, 2.24) is 24.5 Å². The maximum atomic E-state index is 13.2. The standard InChI is InChI=1S/C23H26N8O/c1-15-4-9-20(26-13-15)31-21(12-19(29-31)16-5-7-17(24)8-6-16)28-23(32)18-14-27-30-11-3-2-10-25-22(18)30/h3-4,9-14,16-17H,2,5-8,24H2,1H3,(H,28,32). The number of amides is 1. The van der Waals surface area contributed by atoms with E-state index in [-0.39, 0.29) is 11.9 Å². The summed E-state index contributed by atoms with van der Waals surface area (Å²) in [6, 6.07) is 6.10. The van der Waals surface area contributed by atoms with E-state index >= 15 is 0 Å². The lowest BCUT2D eigenvalue weighted by Crippen LogP contribution is -2.25. The van der Waals surface area contributed by atoms with Crippen LogP contribution in [0.2, 0.25) is 0 Å². The first-order valence-electron chi connectivity index (χ1n) is 10.9. The van der Waals surface area contributed by atoms with Gasteiger partial charge in [-0.05, 0) is 44.2 Å². The number of nitrogens with one attached hydrogen (secondary N) is 1. The molecule has 1 amide bonds. The van der Waals surface area contributed by atoms with Gasteiger partial charge >= 0.3 is 0 Å². The minimum Gasteiger partial charge on any atom is -0.328 e. The van der Waals surface area contributed by atoms with E-state index in [1.807, 2.05) is 37.4 Å². The van der Waals surface area contributed by atoms with Gasteiger partial charge in [-0.3, -0.25) is 4.79 Å². The number of hydrogen-bond acceptors (Lipinski definition) is 6. The summed E-state index contributed by atoms with van der Waals surface area (Å²) >= 11 is 0. The van der Waals surface area contributed by atoms with Crippen LogP contribution in [-0.4, -0.2) is 42.7 Å². The van der Waals surface area contributed by atoms with Crippen LogP contribution < -0.4 is 11.1 Å². The van der Waals surface area contributed by atoms with E-state index in [1.54, 1.807) is 21.8 Å². The van der Waals surface area contributed by atoms with Crippen molar-refractivity contribution < 1.29 is 4.79 Å². The molecular weight excluding hydrogens is 404 g/mol. The van der Waals surface area contributed by atoms with E-state index in [1.165, 1.54) is 6.20 Å². The molecular formula is C23H26N8O. The number of nitrogens with zero attached hydrogens (tertiary/aromatic N) is 6. The number of nitrogens with two attached hydrogens (primary N) is 1. The van der Waals surface area contributed by atoms with Crippen molar-refractivity contribution in [2.24, 2.45) is 10.7 Å². The molecule has 0 saturated heterocycles. The largest absolute Gasteiger partial charge is 0.328 e. The summed E-state index contributed by atoms with van der Waals surface area (Å²) in [4.78, 5) is 22.1. The molecule has 9 heteroatoms. The first-order chi connectivity index (χ1) is 15.6. The van der Waals surface area contributed by atoms with Crippen molar-refractivity contribution in [2.45, 2.75) is 51.0 Å². The Bertz CT molecular complexity index is 1180. The topological polar surface area (TPSA) is 116 Å². The first kappa shape index (κ1) is 20.3. The monoisotopic (exact) mass is 430 g/mol. The Balaban J connectivity index is 1.48. The van der Waals surface area contributed by atoms with Crippen molar-refractivity contribution in [3.63, 3.8) is 0 Å². The summed E-state index contributed by atoms with van der Waals surface area (Å²) in [5.74, 6) is 1.77. The molecule has 1 aliphatic heterocycles. The summed E-state index contributed by atoms with van der Waals surface area (Å²) in [5.41, 5.74) is 8.50. The molecule has 5 rings (SSSR count). The number of rotatable bonds is 4. The molecule has 32 heavy (non-hydrogen) atoms. The molecule has 0 aromatic carbocycles. The molecule has 2 aliphatic rings. The fourth-order valence-electron chi connectivity index (χ4n) is 4.16. The smallest absolute Gasteiger partial charge is 0.262 e. The summed E-state index contributed by atoms with van der Waals surface area (Å²) in [6.45, 7) is 1.99. The molecule has 3 aromatic heterocycles. The second-order valence-corrected chi connectivity index (χ2v) is 8.38. The highest BCUT2D eigenvalue weighted by Crippen LogP contribution is 2.33. The van der Waals surface area contributed by atoms with E-state index in [2.05, 4.69) is 20.4 Å². The van der Waals surface area contributed by atoms with Gasteiger partial charge in [0.15, 0.2) is 11.6 Å². The highest BCUT2D eigenvalue weighted by Gasteiger charge is 2.25. The van der Waals surface area contributed by atoms with Gasteiger partial charge in [-0.15, -0.1) is 0 Å². The molecule has 0 unspecified atom stereocenters. The van der Waals surface area contributed by atoms with Crippen molar-refractivity contribution in [1.29, 1.82) is 0 Å². The highest BCUT2D eigenvalue weighted by molar-refractivity contribution is 6.07. The summed E-state index contributed by atoms with van der Waals surface area (Å²) in [7, 11) is 0. The van der Waals surface area contributed by atoms with Gasteiger partial charge in [0.2, 0.25) is 0 Å². The molecule has 1 aliphatic carbocycles. The van der Waals surface area contributed by atoms with Crippen LogP contribution in [0, 0.1) is 6.92 Å². The fourth-order valence-corrected chi connectivity index (χ4v) is 4.16. The molecule has 4 heterocycles. The van der Waals surface area contributed by atoms with Crippen LogP contribution in [0.1, 0.15) is 59.6 Å². The van der Waals surface area contributed by atoms with E-state index in [9.17, 15) is 4.79 Å². The van der Waals surface area contributed by atoms with Gasteiger partial charge < -0.3 is 11.1 Å². The third kappa shape index (κ3) is 3.99. The predicted octanol–water partition coefficient (Wildman–Crippen LogP) is 3.59. The van der Waals surface area contributed by atoms with Gasteiger partial charge in [-0.1, -0.05) is 12.1 Å². The van der Waals surface area contributed by atoms with Crippen molar-refractivity contribution in [3.8, 4) is 5.82 Å². The van der Waals surface area contributed by atoms with Crippen molar-refractivity contribution in [2.75, 3.05) is 5.32 Å².